The number of carbonyl (C=O) groups is 1. The van der Waals surface area contributed by atoms with Crippen molar-refractivity contribution in [3.63, 3.8) is 0 Å². The zero-order valence-electron chi connectivity index (χ0n) is 10.3. The molecule has 0 spiro atoms. The van der Waals surface area contributed by atoms with E-state index in [1.807, 2.05) is 6.92 Å². The molecule has 3 nitrogen and oxygen atoms in total. The van der Waals surface area contributed by atoms with Crippen molar-refractivity contribution >= 4 is 5.97 Å². The molecule has 0 bridgehead atoms. The minimum absolute atomic E-state index is 0.0141. The molecule has 0 radical (unpaired) electrons. The maximum atomic E-state index is 11.5. The van der Waals surface area contributed by atoms with Crippen LogP contribution in [0.5, 0.6) is 0 Å². The van der Waals surface area contributed by atoms with Crippen molar-refractivity contribution in [2.45, 2.75) is 33.1 Å². The van der Waals surface area contributed by atoms with Gasteiger partial charge in [-0.2, -0.15) is 0 Å². The Morgan fingerprint density at radius 2 is 1.93 bits per heavy atom. The molecular weight excluding hydrogens is 190 g/mol. The molecule has 0 unspecified atom stereocenters. The van der Waals surface area contributed by atoms with E-state index in [9.17, 15) is 4.79 Å². The van der Waals surface area contributed by atoms with Gasteiger partial charge in [0.2, 0.25) is 0 Å². The molecule has 1 heterocycles. The molecule has 0 aromatic carbocycles. The number of likely N-dealkylation sites (tertiary alicyclic amines) is 1. The van der Waals surface area contributed by atoms with Gasteiger partial charge in [-0.25, -0.2) is 0 Å². The van der Waals surface area contributed by atoms with Crippen LogP contribution in [0.25, 0.3) is 0 Å². The summed E-state index contributed by atoms with van der Waals surface area (Å²) in [5.41, 5.74) is 0. The van der Waals surface area contributed by atoms with Crippen molar-refractivity contribution < 1.29 is 14.0 Å². The summed E-state index contributed by atoms with van der Waals surface area (Å²) in [5, 5.41) is 0. The van der Waals surface area contributed by atoms with Gasteiger partial charge in [-0.05, 0) is 13.3 Å². The van der Waals surface area contributed by atoms with Crippen molar-refractivity contribution in [2.24, 2.45) is 5.92 Å². The third kappa shape index (κ3) is 3.49. The van der Waals surface area contributed by atoms with Gasteiger partial charge in [0.05, 0.1) is 39.2 Å². The van der Waals surface area contributed by atoms with E-state index in [0.29, 0.717) is 6.61 Å². The summed E-state index contributed by atoms with van der Waals surface area (Å²) in [6.07, 6.45) is 3.21. The lowest BCUT2D eigenvalue weighted by molar-refractivity contribution is -0.914. The van der Waals surface area contributed by atoms with E-state index in [1.165, 1.54) is 13.0 Å². The fourth-order valence-electron chi connectivity index (χ4n) is 2.45. The van der Waals surface area contributed by atoms with Crippen molar-refractivity contribution in [3.8, 4) is 0 Å². The van der Waals surface area contributed by atoms with Crippen molar-refractivity contribution in [1.29, 1.82) is 0 Å². The van der Waals surface area contributed by atoms with Crippen LogP contribution in [0.2, 0.25) is 0 Å². The van der Waals surface area contributed by atoms with Crippen molar-refractivity contribution in [2.75, 3.05) is 33.3 Å². The summed E-state index contributed by atoms with van der Waals surface area (Å²) in [7, 11) is 2.30. The molecule has 1 aliphatic rings. The molecule has 3 heteroatoms. The Kier molecular flexibility index (Phi) is 4.58. The number of hydrogen-bond donors (Lipinski definition) is 0. The van der Waals surface area contributed by atoms with Crippen LogP contribution < -0.4 is 0 Å². The number of esters is 1. The lowest BCUT2D eigenvalue weighted by atomic mass is 9.95. The van der Waals surface area contributed by atoms with E-state index in [0.717, 1.165) is 30.4 Å². The predicted octanol–water partition coefficient (Wildman–Crippen LogP) is 1.82. The minimum atomic E-state index is 0.0141. The lowest BCUT2D eigenvalue weighted by Crippen LogP contribution is -2.51. The first-order chi connectivity index (χ1) is 7.11. The van der Waals surface area contributed by atoms with Crippen LogP contribution in [0.4, 0.5) is 0 Å². The standard InChI is InChI=1S/C12H24NO2/c1-4-8-13(3)9-6-11(7-10-13)12(14)15-5-2/h11H,4-10H2,1-3H3/q+1. The summed E-state index contributed by atoms with van der Waals surface area (Å²) >= 11 is 0. The van der Waals surface area contributed by atoms with Crippen LogP contribution >= 0.6 is 0 Å². The number of hydrogen-bond acceptors (Lipinski definition) is 2. The summed E-state index contributed by atoms with van der Waals surface area (Å²) in [4.78, 5) is 11.5. The summed E-state index contributed by atoms with van der Waals surface area (Å²) < 4.78 is 6.19. The normalized spacial score (nSPS) is 31.3. The van der Waals surface area contributed by atoms with E-state index in [1.54, 1.807) is 0 Å². The van der Waals surface area contributed by atoms with Crippen molar-refractivity contribution in [3.05, 3.63) is 0 Å². The van der Waals surface area contributed by atoms with Gasteiger partial charge in [0.15, 0.2) is 0 Å². The Morgan fingerprint density at radius 1 is 1.33 bits per heavy atom. The largest absolute Gasteiger partial charge is 0.466 e. The molecule has 0 aromatic heterocycles. The molecule has 1 rings (SSSR count). The number of nitrogens with zero attached hydrogens (tertiary/aromatic N) is 1. The molecule has 88 valence electrons. The van der Waals surface area contributed by atoms with Gasteiger partial charge in [0.1, 0.15) is 0 Å². The monoisotopic (exact) mass is 214 g/mol. The number of piperidine rings is 1. The number of carbonyl (C=O) groups excluding carboxylic acids is 1. The van der Waals surface area contributed by atoms with Crippen molar-refractivity contribution in [1.82, 2.24) is 0 Å². The highest BCUT2D eigenvalue weighted by Gasteiger charge is 2.33. The lowest BCUT2D eigenvalue weighted by Gasteiger charge is -2.39. The number of quaternary nitrogens is 1. The third-order valence-electron chi connectivity index (χ3n) is 3.42. The van der Waals surface area contributed by atoms with E-state index in [4.69, 9.17) is 4.74 Å². The van der Waals surface area contributed by atoms with Crippen LogP contribution in [0, 0.1) is 5.92 Å². The van der Waals surface area contributed by atoms with Crippen LogP contribution in [-0.2, 0) is 9.53 Å². The zero-order chi connectivity index (χ0) is 11.3. The fraction of sp³-hybridized carbons (Fsp3) is 0.917. The van der Waals surface area contributed by atoms with E-state index in [-0.39, 0.29) is 11.9 Å². The van der Waals surface area contributed by atoms with Gasteiger partial charge in [-0.1, -0.05) is 6.92 Å². The Labute approximate surface area is 93.0 Å². The Balaban J connectivity index is 2.38. The van der Waals surface area contributed by atoms with E-state index < -0.39 is 0 Å². The second-order valence-electron chi connectivity index (χ2n) is 4.82. The van der Waals surface area contributed by atoms with Gasteiger partial charge in [0, 0.05) is 12.8 Å². The summed E-state index contributed by atoms with van der Waals surface area (Å²) in [6.45, 7) is 8.08. The zero-order valence-corrected chi connectivity index (χ0v) is 10.3. The average Bonchev–Trinajstić information content (AvgIpc) is 2.19. The SMILES string of the molecule is CCC[N+]1(C)CCC(C(=O)OCC)CC1. The number of ether oxygens (including phenoxy) is 1. The first-order valence-corrected chi connectivity index (χ1v) is 6.11. The Bertz CT molecular complexity index is 208. The van der Waals surface area contributed by atoms with E-state index in [2.05, 4.69) is 14.0 Å². The topological polar surface area (TPSA) is 26.3 Å². The maximum absolute atomic E-state index is 11.5. The minimum Gasteiger partial charge on any atom is -0.466 e. The predicted molar refractivity (Wildman–Crippen MR) is 60.4 cm³/mol. The van der Waals surface area contributed by atoms with Gasteiger partial charge < -0.3 is 9.22 Å². The van der Waals surface area contributed by atoms with Gasteiger partial charge >= 0.3 is 5.97 Å². The molecule has 1 saturated heterocycles. The number of rotatable bonds is 4. The summed E-state index contributed by atoms with van der Waals surface area (Å²) in [6, 6.07) is 0. The first kappa shape index (κ1) is 12.5. The molecule has 0 amide bonds. The highest BCUT2D eigenvalue weighted by Crippen LogP contribution is 2.23. The molecule has 0 aromatic rings. The molecule has 0 N–H and O–H groups in total. The second kappa shape index (κ2) is 5.50. The Hall–Kier alpha value is -0.570. The second-order valence-corrected chi connectivity index (χ2v) is 4.82. The van der Waals surface area contributed by atoms with Crippen LogP contribution in [0.15, 0.2) is 0 Å². The van der Waals surface area contributed by atoms with E-state index >= 15 is 0 Å². The smallest absolute Gasteiger partial charge is 0.309 e. The molecular formula is C12H24NO2+. The molecule has 0 atom stereocenters. The molecule has 0 saturated carbocycles. The molecule has 1 fully saturated rings. The maximum Gasteiger partial charge on any atom is 0.309 e. The fourth-order valence-corrected chi connectivity index (χ4v) is 2.45. The Morgan fingerprint density at radius 3 is 2.40 bits per heavy atom. The van der Waals surface area contributed by atoms with Crippen LogP contribution in [0.1, 0.15) is 33.1 Å². The first-order valence-electron chi connectivity index (χ1n) is 6.11. The highest BCUT2D eigenvalue weighted by atomic mass is 16.5. The van der Waals surface area contributed by atoms with Gasteiger partial charge in [0.25, 0.3) is 0 Å². The van der Waals surface area contributed by atoms with Gasteiger partial charge in [-0.15, -0.1) is 0 Å². The third-order valence-corrected chi connectivity index (χ3v) is 3.42. The quantitative estimate of drug-likeness (QED) is 0.527. The molecule has 1 aliphatic heterocycles. The summed E-state index contributed by atoms with van der Waals surface area (Å²) in [5.74, 6) is 0.174. The highest BCUT2D eigenvalue weighted by molar-refractivity contribution is 5.72. The molecule has 0 aliphatic carbocycles. The van der Waals surface area contributed by atoms with Crippen LogP contribution in [0.3, 0.4) is 0 Å². The average molecular weight is 214 g/mol. The molecule has 15 heavy (non-hydrogen) atoms. The van der Waals surface area contributed by atoms with Gasteiger partial charge in [-0.3, -0.25) is 4.79 Å². The van der Waals surface area contributed by atoms with Crippen LogP contribution in [-0.4, -0.2) is 43.7 Å².